The van der Waals surface area contributed by atoms with E-state index in [1.54, 1.807) is 54.6 Å². The molecule has 8 nitrogen and oxygen atoms in total. The SMILES string of the molecule is O=C(NC(Cc1ccccc1)CP(=O)(O)O)NC(Cc1ccccc1)C(=O)O. The van der Waals surface area contributed by atoms with Gasteiger partial charge in [0.1, 0.15) is 6.04 Å². The topological polar surface area (TPSA) is 136 Å². The molecule has 0 fully saturated rings. The summed E-state index contributed by atoms with van der Waals surface area (Å²) in [5.74, 6) is -1.20. The number of carbonyl (C=O) groups excluding carboxylic acids is 1. The summed E-state index contributed by atoms with van der Waals surface area (Å²) in [6.07, 6.45) is -0.257. The minimum absolute atomic E-state index is 0.0887. The van der Waals surface area contributed by atoms with Crippen LogP contribution in [0.25, 0.3) is 0 Å². The highest BCUT2D eigenvalue weighted by atomic mass is 31.2. The van der Waals surface area contributed by atoms with Crippen molar-refractivity contribution in [1.29, 1.82) is 0 Å². The van der Waals surface area contributed by atoms with Crippen LogP contribution < -0.4 is 10.6 Å². The second-order valence-corrected chi connectivity index (χ2v) is 8.13. The first kappa shape index (κ1) is 21.6. The summed E-state index contributed by atoms with van der Waals surface area (Å²) in [4.78, 5) is 42.4. The molecule has 0 saturated carbocycles. The van der Waals surface area contributed by atoms with Gasteiger partial charge in [0.25, 0.3) is 0 Å². The first-order valence-corrected chi connectivity index (χ1v) is 10.4. The van der Waals surface area contributed by atoms with Crippen LogP contribution in [0.1, 0.15) is 11.1 Å². The van der Waals surface area contributed by atoms with Gasteiger partial charge < -0.3 is 25.5 Å². The molecule has 0 spiro atoms. The van der Waals surface area contributed by atoms with E-state index in [-0.39, 0.29) is 12.8 Å². The first-order valence-electron chi connectivity index (χ1n) is 8.65. The lowest BCUT2D eigenvalue weighted by Crippen LogP contribution is -2.51. The van der Waals surface area contributed by atoms with Gasteiger partial charge in [-0.25, -0.2) is 9.59 Å². The minimum atomic E-state index is -4.38. The maximum atomic E-state index is 12.3. The molecule has 0 heterocycles. The van der Waals surface area contributed by atoms with Crippen molar-refractivity contribution >= 4 is 19.6 Å². The Hall–Kier alpha value is -2.67. The van der Waals surface area contributed by atoms with Gasteiger partial charge in [-0.2, -0.15) is 0 Å². The molecule has 0 aliphatic rings. The lowest BCUT2D eigenvalue weighted by atomic mass is 10.1. The van der Waals surface area contributed by atoms with E-state index in [0.717, 1.165) is 11.1 Å². The van der Waals surface area contributed by atoms with Gasteiger partial charge in [-0.15, -0.1) is 0 Å². The number of aliphatic carboxylic acids is 1. The van der Waals surface area contributed by atoms with Crippen LogP contribution >= 0.6 is 7.60 Å². The molecule has 2 unspecified atom stereocenters. The molecular formula is C19H23N2O6P. The predicted molar refractivity (Wildman–Crippen MR) is 104 cm³/mol. The van der Waals surface area contributed by atoms with Crippen LogP contribution in [0, 0.1) is 0 Å². The van der Waals surface area contributed by atoms with Crippen LogP contribution in [0.3, 0.4) is 0 Å². The summed E-state index contributed by atoms with van der Waals surface area (Å²) in [6.45, 7) is 0. The number of carboxylic acids is 1. The van der Waals surface area contributed by atoms with Gasteiger partial charge in [-0.1, -0.05) is 60.7 Å². The van der Waals surface area contributed by atoms with Crippen LogP contribution in [-0.4, -0.2) is 45.1 Å². The smallest absolute Gasteiger partial charge is 0.327 e. The Balaban J connectivity index is 2.03. The Bertz CT molecular complexity index is 825. The average Bonchev–Trinajstić information content (AvgIpc) is 2.61. The van der Waals surface area contributed by atoms with Crippen LogP contribution in [-0.2, 0) is 22.2 Å². The maximum absolute atomic E-state index is 12.3. The summed E-state index contributed by atoms with van der Waals surface area (Å²) in [7, 11) is -4.38. The molecule has 2 aromatic carbocycles. The van der Waals surface area contributed by atoms with Crippen LogP contribution in [0.15, 0.2) is 60.7 Å². The van der Waals surface area contributed by atoms with Crippen molar-refractivity contribution in [3.8, 4) is 0 Å². The van der Waals surface area contributed by atoms with E-state index in [0.29, 0.717) is 0 Å². The number of carboxylic acid groups (broad SMARTS) is 1. The third-order valence-corrected chi connectivity index (χ3v) is 4.92. The molecule has 28 heavy (non-hydrogen) atoms. The Morgan fingerprint density at radius 2 is 1.36 bits per heavy atom. The molecule has 0 aromatic heterocycles. The normalized spacial score (nSPS) is 13.4. The van der Waals surface area contributed by atoms with Gasteiger partial charge in [0.05, 0.1) is 6.16 Å². The zero-order valence-corrected chi connectivity index (χ0v) is 16.0. The molecule has 9 heteroatoms. The van der Waals surface area contributed by atoms with Crippen LogP contribution in [0.2, 0.25) is 0 Å². The van der Waals surface area contributed by atoms with E-state index >= 15 is 0 Å². The Morgan fingerprint density at radius 3 is 1.82 bits per heavy atom. The number of amides is 2. The molecule has 0 aliphatic heterocycles. The lowest BCUT2D eigenvalue weighted by Gasteiger charge is -2.22. The van der Waals surface area contributed by atoms with Gasteiger partial charge in [0.2, 0.25) is 0 Å². The molecule has 2 atom stereocenters. The Labute approximate surface area is 162 Å². The fraction of sp³-hybridized carbons (Fsp3) is 0.263. The van der Waals surface area contributed by atoms with Crippen molar-refractivity contribution in [1.82, 2.24) is 10.6 Å². The Kier molecular flexibility index (Phi) is 7.75. The monoisotopic (exact) mass is 406 g/mol. The van der Waals surface area contributed by atoms with E-state index in [1.807, 2.05) is 6.07 Å². The maximum Gasteiger partial charge on any atom is 0.327 e. The summed E-state index contributed by atoms with van der Waals surface area (Å²) >= 11 is 0. The second-order valence-electron chi connectivity index (χ2n) is 6.43. The van der Waals surface area contributed by atoms with Gasteiger partial charge >= 0.3 is 19.6 Å². The lowest BCUT2D eigenvalue weighted by molar-refractivity contribution is -0.139. The zero-order chi connectivity index (χ0) is 20.6. The van der Waals surface area contributed by atoms with Gasteiger partial charge in [0.15, 0.2) is 0 Å². The standard InChI is InChI=1S/C19H23N2O6P/c22-18(23)17(12-15-9-5-2-6-10-15)21-19(24)20-16(13-28(25,26)27)11-14-7-3-1-4-8-14/h1-10,16-17H,11-13H2,(H,22,23)(H2,20,21,24)(H2,25,26,27). The number of hydrogen-bond donors (Lipinski definition) is 5. The largest absolute Gasteiger partial charge is 0.480 e. The van der Waals surface area contributed by atoms with Crippen molar-refractivity contribution in [2.75, 3.05) is 6.16 Å². The fourth-order valence-corrected chi connectivity index (χ4v) is 3.58. The average molecular weight is 406 g/mol. The summed E-state index contributed by atoms with van der Waals surface area (Å²) in [5, 5.41) is 14.2. The third-order valence-electron chi connectivity index (χ3n) is 4.00. The van der Waals surface area contributed by atoms with Crippen molar-refractivity contribution < 1.29 is 29.0 Å². The number of carbonyl (C=O) groups is 2. The van der Waals surface area contributed by atoms with Crippen molar-refractivity contribution in [2.24, 2.45) is 0 Å². The number of nitrogens with one attached hydrogen (secondary N) is 2. The predicted octanol–water partition coefficient (Wildman–Crippen LogP) is 1.77. The van der Waals surface area contributed by atoms with E-state index in [4.69, 9.17) is 0 Å². The van der Waals surface area contributed by atoms with Gasteiger partial charge in [-0.05, 0) is 17.5 Å². The highest BCUT2D eigenvalue weighted by molar-refractivity contribution is 7.51. The van der Waals surface area contributed by atoms with Crippen molar-refractivity contribution in [3.05, 3.63) is 71.8 Å². The molecule has 2 amide bonds. The molecule has 0 saturated heterocycles. The van der Waals surface area contributed by atoms with Gasteiger partial charge in [-0.3, -0.25) is 4.57 Å². The van der Waals surface area contributed by atoms with Crippen molar-refractivity contribution in [3.63, 3.8) is 0 Å². The molecular weight excluding hydrogens is 383 g/mol. The first-order chi connectivity index (χ1) is 13.2. The molecule has 0 aliphatic carbocycles. The van der Waals surface area contributed by atoms with E-state index in [1.165, 1.54) is 0 Å². The quantitative estimate of drug-likeness (QED) is 0.403. The molecule has 5 N–H and O–H groups in total. The summed E-state index contributed by atoms with van der Waals surface area (Å²) < 4.78 is 11.4. The molecule has 0 bridgehead atoms. The molecule has 2 aromatic rings. The van der Waals surface area contributed by atoms with E-state index < -0.39 is 37.8 Å². The summed E-state index contributed by atoms with van der Waals surface area (Å²) in [5.41, 5.74) is 1.53. The number of rotatable bonds is 9. The molecule has 0 radical (unpaired) electrons. The fourth-order valence-electron chi connectivity index (χ4n) is 2.78. The zero-order valence-electron chi connectivity index (χ0n) is 15.1. The second kappa shape index (κ2) is 10.0. The summed E-state index contributed by atoms with van der Waals surface area (Å²) in [6, 6.07) is 15.0. The van der Waals surface area contributed by atoms with E-state index in [9.17, 15) is 29.0 Å². The number of urea groups is 1. The Morgan fingerprint density at radius 1 is 0.857 bits per heavy atom. The van der Waals surface area contributed by atoms with E-state index in [2.05, 4.69) is 10.6 Å². The molecule has 150 valence electrons. The number of benzene rings is 2. The highest BCUT2D eigenvalue weighted by Gasteiger charge is 2.26. The minimum Gasteiger partial charge on any atom is -0.480 e. The number of hydrogen-bond acceptors (Lipinski definition) is 3. The van der Waals surface area contributed by atoms with Crippen molar-refractivity contribution in [2.45, 2.75) is 24.9 Å². The van der Waals surface area contributed by atoms with Crippen LogP contribution in [0.4, 0.5) is 4.79 Å². The molecule has 2 rings (SSSR count). The third kappa shape index (κ3) is 7.92. The van der Waals surface area contributed by atoms with Crippen LogP contribution in [0.5, 0.6) is 0 Å². The highest BCUT2D eigenvalue weighted by Crippen LogP contribution is 2.35. The van der Waals surface area contributed by atoms with Gasteiger partial charge in [0, 0.05) is 12.5 Å².